The Bertz CT molecular complexity index is 330. The quantitative estimate of drug-likeness (QED) is 0.710. The molecule has 1 N–H and O–H groups in total. The Kier molecular flexibility index (Phi) is 4.71. The molecule has 0 spiro atoms. The van der Waals surface area contributed by atoms with Crippen LogP contribution in [-0.4, -0.2) is 23.3 Å². The number of hydrogen-bond acceptors (Lipinski definition) is 3. The average Bonchev–Trinajstić information content (AvgIpc) is 2.27. The zero-order chi connectivity index (χ0) is 11.1. The molecule has 0 radical (unpaired) electrons. The van der Waals surface area contributed by atoms with Crippen molar-refractivity contribution >= 4 is 11.6 Å². The third kappa shape index (κ3) is 4.04. The lowest BCUT2D eigenvalue weighted by Crippen LogP contribution is -2.16. The summed E-state index contributed by atoms with van der Waals surface area (Å²) < 4.78 is 0. The van der Waals surface area contributed by atoms with E-state index in [1.54, 1.807) is 0 Å². The lowest BCUT2D eigenvalue weighted by atomic mass is 10.0. The Hall–Kier alpha value is -1.48. The zero-order valence-corrected chi connectivity index (χ0v) is 8.48. The Morgan fingerprint density at radius 2 is 1.73 bits per heavy atom. The summed E-state index contributed by atoms with van der Waals surface area (Å²) in [6.45, 7) is -0.0512. The van der Waals surface area contributed by atoms with Gasteiger partial charge in [-0.05, 0) is 12.0 Å². The van der Waals surface area contributed by atoms with Crippen LogP contribution in [0.3, 0.4) is 0 Å². The molecular formula is C12H14O3. The minimum atomic E-state index is -0.395. The molecule has 80 valence electrons. The van der Waals surface area contributed by atoms with Crippen molar-refractivity contribution in [3.63, 3.8) is 0 Å². The van der Waals surface area contributed by atoms with Crippen LogP contribution in [0, 0.1) is 0 Å². The summed E-state index contributed by atoms with van der Waals surface area (Å²) in [5.41, 5.74) is 0.847. The standard InChI is InChI=1S/C12H14O3/c13-8-4-7-11(14)12(15)9-10-5-2-1-3-6-10/h1-3,5-6,13H,4,7-9H2. The smallest absolute Gasteiger partial charge is 0.202 e. The largest absolute Gasteiger partial charge is 0.396 e. The van der Waals surface area contributed by atoms with E-state index in [1.807, 2.05) is 30.3 Å². The van der Waals surface area contributed by atoms with Crippen LogP contribution in [0.2, 0.25) is 0 Å². The number of carbonyl (C=O) groups is 2. The Morgan fingerprint density at radius 3 is 2.33 bits per heavy atom. The minimum absolute atomic E-state index is 0.0512. The van der Waals surface area contributed by atoms with E-state index >= 15 is 0 Å². The van der Waals surface area contributed by atoms with Crippen LogP contribution < -0.4 is 0 Å². The summed E-state index contributed by atoms with van der Waals surface area (Å²) in [5, 5.41) is 8.52. The molecule has 0 saturated heterocycles. The van der Waals surface area contributed by atoms with Crippen LogP contribution in [0.1, 0.15) is 18.4 Å². The number of aliphatic hydroxyl groups excluding tert-OH is 1. The van der Waals surface area contributed by atoms with Crippen LogP contribution in [0.25, 0.3) is 0 Å². The molecule has 0 aromatic heterocycles. The van der Waals surface area contributed by atoms with Gasteiger partial charge >= 0.3 is 0 Å². The van der Waals surface area contributed by atoms with E-state index in [1.165, 1.54) is 0 Å². The lowest BCUT2D eigenvalue weighted by molar-refractivity contribution is -0.136. The number of hydrogen-bond donors (Lipinski definition) is 1. The van der Waals surface area contributed by atoms with E-state index < -0.39 is 5.78 Å². The van der Waals surface area contributed by atoms with Gasteiger partial charge in [-0.1, -0.05) is 30.3 Å². The topological polar surface area (TPSA) is 54.4 Å². The van der Waals surface area contributed by atoms with Crippen molar-refractivity contribution in [2.75, 3.05) is 6.61 Å². The monoisotopic (exact) mass is 206 g/mol. The molecule has 0 fully saturated rings. The zero-order valence-electron chi connectivity index (χ0n) is 8.48. The fourth-order valence-electron chi connectivity index (χ4n) is 1.26. The van der Waals surface area contributed by atoms with Crippen molar-refractivity contribution in [1.29, 1.82) is 0 Å². The second-order valence-electron chi connectivity index (χ2n) is 3.34. The van der Waals surface area contributed by atoms with Crippen LogP contribution in [0.15, 0.2) is 30.3 Å². The second kappa shape index (κ2) is 6.09. The molecular weight excluding hydrogens is 192 g/mol. The second-order valence-corrected chi connectivity index (χ2v) is 3.34. The number of Topliss-reactive ketones (excluding diaryl/α,β-unsaturated/α-hetero) is 2. The van der Waals surface area contributed by atoms with Crippen LogP contribution >= 0.6 is 0 Å². The van der Waals surface area contributed by atoms with Gasteiger partial charge in [-0.2, -0.15) is 0 Å². The highest BCUT2D eigenvalue weighted by Crippen LogP contribution is 2.02. The molecule has 0 unspecified atom stereocenters. The molecule has 0 aliphatic carbocycles. The van der Waals surface area contributed by atoms with Crippen molar-refractivity contribution in [3.05, 3.63) is 35.9 Å². The number of ketones is 2. The molecule has 0 atom stereocenters. The first-order valence-electron chi connectivity index (χ1n) is 4.95. The van der Waals surface area contributed by atoms with Gasteiger partial charge in [0.15, 0.2) is 5.78 Å². The molecule has 0 saturated carbocycles. The van der Waals surface area contributed by atoms with Gasteiger partial charge < -0.3 is 5.11 Å². The fraction of sp³-hybridized carbons (Fsp3) is 0.333. The van der Waals surface area contributed by atoms with E-state index in [0.717, 1.165) is 5.56 Å². The summed E-state index contributed by atoms with van der Waals surface area (Å²) in [7, 11) is 0. The van der Waals surface area contributed by atoms with E-state index in [2.05, 4.69) is 0 Å². The molecule has 1 aromatic carbocycles. The number of benzene rings is 1. The van der Waals surface area contributed by atoms with Crippen molar-refractivity contribution < 1.29 is 14.7 Å². The Morgan fingerprint density at radius 1 is 1.07 bits per heavy atom. The van der Waals surface area contributed by atoms with Crippen molar-refractivity contribution in [3.8, 4) is 0 Å². The number of aliphatic hydroxyl groups is 1. The maximum absolute atomic E-state index is 11.4. The van der Waals surface area contributed by atoms with E-state index in [0.29, 0.717) is 6.42 Å². The maximum atomic E-state index is 11.4. The molecule has 0 bridgehead atoms. The normalized spacial score (nSPS) is 9.93. The summed E-state index contributed by atoms with van der Waals surface area (Å²) in [6.07, 6.45) is 0.659. The van der Waals surface area contributed by atoms with Crippen LogP contribution in [0.5, 0.6) is 0 Å². The van der Waals surface area contributed by atoms with E-state index in [9.17, 15) is 9.59 Å². The first-order chi connectivity index (χ1) is 7.24. The van der Waals surface area contributed by atoms with Crippen molar-refractivity contribution in [2.24, 2.45) is 0 Å². The van der Waals surface area contributed by atoms with Crippen LogP contribution in [0.4, 0.5) is 0 Å². The van der Waals surface area contributed by atoms with Crippen molar-refractivity contribution in [1.82, 2.24) is 0 Å². The predicted molar refractivity (Wildman–Crippen MR) is 56.5 cm³/mol. The third-order valence-electron chi connectivity index (χ3n) is 2.08. The van der Waals surface area contributed by atoms with Gasteiger partial charge in [-0.15, -0.1) is 0 Å². The number of rotatable bonds is 6. The highest BCUT2D eigenvalue weighted by Gasteiger charge is 2.13. The van der Waals surface area contributed by atoms with Gasteiger partial charge in [-0.3, -0.25) is 9.59 Å². The number of carbonyl (C=O) groups excluding carboxylic acids is 2. The molecule has 0 heterocycles. The maximum Gasteiger partial charge on any atom is 0.202 e. The molecule has 0 amide bonds. The van der Waals surface area contributed by atoms with Gasteiger partial charge in [0.05, 0.1) is 0 Å². The highest BCUT2D eigenvalue weighted by atomic mass is 16.3. The minimum Gasteiger partial charge on any atom is -0.396 e. The lowest BCUT2D eigenvalue weighted by Gasteiger charge is -1.99. The van der Waals surface area contributed by atoms with Gasteiger partial charge in [0.25, 0.3) is 0 Å². The first kappa shape index (κ1) is 11.6. The molecule has 3 nitrogen and oxygen atoms in total. The van der Waals surface area contributed by atoms with Crippen LogP contribution in [-0.2, 0) is 16.0 Å². The fourth-order valence-corrected chi connectivity index (χ4v) is 1.26. The predicted octanol–water partition coefficient (Wildman–Crippen LogP) is 1.14. The van der Waals surface area contributed by atoms with Gasteiger partial charge in [-0.25, -0.2) is 0 Å². The summed E-state index contributed by atoms with van der Waals surface area (Å²) >= 11 is 0. The molecule has 0 aliphatic rings. The summed E-state index contributed by atoms with van der Waals surface area (Å²) in [5.74, 6) is -0.775. The molecule has 1 rings (SSSR count). The SMILES string of the molecule is O=C(CCCO)C(=O)Cc1ccccc1. The summed E-state index contributed by atoms with van der Waals surface area (Å²) in [6, 6.07) is 9.16. The van der Waals surface area contributed by atoms with Crippen molar-refractivity contribution in [2.45, 2.75) is 19.3 Å². The Balaban J connectivity index is 2.45. The highest BCUT2D eigenvalue weighted by molar-refractivity contribution is 6.37. The average molecular weight is 206 g/mol. The molecule has 0 aliphatic heterocycles. The van der Waals surface area contributed by atoms with Gasteiger partial charge in [0.1, 0.15) is 0 Å². The molecule has 3 heteroatoms. The Labute approximate surface area is 88.7 Å². The third-order valence-corrected chi connectivity index (χ3v) is 2.08. The molecule has 1 aromatic rings. The van der Waals surface area contributed by atoms with Gasteiger partial charge in [0, 0.05) is 19.4 Å². The first-order valence-corrected chi connectivity index (χ1v) is 4.95. The molecule has 15 heavy (non-hydrogen) atoms. The summed E-state index contributed by atoms with van der Waals surface area (Å²) in [4.78, 5) is 22.6. The van der Waals surface area contributed by atoms with E-state index in [4.69, 9.17) is 5.11 Å². The van der Waals surface area contributed by atoms with E-state index in [-0.39, 0.29) is 25.2 Å². The van der Waals surface area contributed by atoms with Gasteiger partial charge in [0.2, 0.25) is 5.78 Å².